The first-order valence-corrected chi connectivity index (χ1v) is 4.04. The number of rotatable bonds is 1. The minimum Gasteiger partial charge on any atom is -0.388 e. The van der Waals surface area contributed by atoms with Crippen molar-refractivity contribution in [3.05, 3.63) is 36.3 Å². The number of hydrogen-bond donors (Lipinski definition) is 1. The van der Waals surface area contributed by atoms with Gasteiger partial charge in [0.05, 0.1) is 0 Å². The molecule has 0 amide bonds. The number of halogens is 2. The number of fused-ring (bicyclic) bond motifs is 1. The normalized spacial score (nSPS) is 9.57. The number of hydrogen-bond acceptors (Lipinski definition) is 2. The molecule has 1 aromatic heterocycles. The Morgan fingerprint density at radius 1 is 1.29 bits per heavy atom. The van der Waals surface area contributed by atoms with Crippen LogP contribution in [0.5, 0.6) is 0 Å². The molecular weight excluding hydrogens is 203 g/mol. The second kappa shape index (κ2) is 4.24. The van der Waals surface area contributed by atoms with E-state index in [1.807, 2.05) is 6.07 Å². The molecule has 2 nitrogen and oxygen atoms in total. The van der Waals surface area contributed by atoms with Gasteiger partial charge in [-0.25, -0.2) is 4.39 Å². The number of nitrogens with zero attached hydrogens (tertiary/aromatic N) is 1. The lowest BCUT2D eigenvalue weighted by Gasteiger charge is -2.04. The third-order valence-corrected chi connectivity index (χ3v) is 1.99. The summed E-state index contributed by atoms with van der Waals surface area (Å²) in [6, 6.07) is 6.76. The van der Waals surface area contributed by atoms with E-state index >= 15 is 0 Å². The Balaban J connectivity index is 0.000000980. The molecule has 0 fully saturated rings. The summed E-state index contributed by atoms with van der Waals surface area (Å²) in [5, 5.41) is 3.80. The van der Waals surface area contributed by atoms with Gasteiger partial charge in [-0.15, -0.1) is 12.4 Å². The fourth-order valence-corrected chi connectivity index (χ4v) is 1.36. The molecule has 0 unspecified atom stereocenters. The second-order valence-electron chi connectivity index (χ2n) is 2.74. The van der Waals surface area contributed by atoms with Gasteiger partial charge >= 0.3 is 0 Å². The van der Waals surface area contributed by atoms with E-state index in [4.69, 9.17) is 0 Å². The maximum atomic E-state index is 13.2. The van der Waals surface area contributed by atoms with Gasteiger partial charge in [0.1, 0.15) is 11.3 Å². The highest BCUT2D eigenvalue weighted by atomic mass is 35.5. The van der Waals surface area contributed by atoms with Crippen LogP contribution in [0, 0.1) is 5.82 Å². The fourth-order valence-electron chi connectivity index (χ4n) is 1.36. The maximum absolute atomic E-state index is 13.2. The molecular formula is C10H10ClFN2. The maximum Gasteiger partial charge on any atom is 0.149 e. The number of pyridine rings is 1. The summed E-state index contributed by atoms with van der Waals surface area (Å²) in [6.07, 6.45) is 1.59. The zero-order valence-corrected chi connectivity index (χ0v) is 8.44. The van der Waals surface area contributed by atoms with Crippen LogP contribution >= 0.6 is 12.4 Å². The smallest absolute Gasteiger partial charge is 0.149 e. The van der Waals surface area contributed by atoms with Crippen LogP contribution < -0.4 is 5.32 Å². The average Bonchev–Trinajstić information content (AvgIpc) is 2.19. The predicted molar refractivity (Wildman–Crippen MR) is 58.5 cm³/mol. The Kier molecular flexibility index (Phi) is 3.25. The molecule has 2 rings (SSSR count). The highest BCUT2D eigenvalue weighted by molar-refractivity contribution is 5.91. The standard InChI is InChI=1S/C10H9FN2.ClH/c1-12-9-5-4-8(11)10-7(9)3-2-6-13-10;/h2-6,12H,1H3;1H. The van der Waals surface area contributed by atoms with Gasteiger partial charge in [-0.2, -0.15) is 0 Å². The van der Waals surface area contributed by atoms with Crippen molar-refractivity contribution in [3.63, 3.8) is 0 Å². The summed E-state index contributed by atoms with van der Waals surface area (Å²) >= 11 is 0. The third kappa shape index (κ3) is 1.63. The monoisotopic (exact) mass is 212 g/mol. The fraction of sp³-hybridized carbons (Fsp3) is 0.100. The molecule has 0 spiro atoms. The van der Waals surface area contributed by atoms with Gasteiger partial charge in [-0.05, 0) is 24.3 Å². The van der Waals surface area contributed by atoms with Crippen molar-refractivity contribution in [1.29, 1.82) is 0 Å². The highest BCUT2D eigenvalue weighted by Gasteiger charge is 2.04. The molecule has 14 heavy (non-hydrogen) atoms. The molecule has 0 aliphatic rings. The van der Waals surface area contributed by atoms with E-state index in [0.717, 1.165) is 11.1 Å². The molecule has 4 heteroatoms. The topological polar surface area (TPSA) is 24.9 Å². The van der Waals surface area contributed by atoms with E-state index in [1.165, 1.54) is 6.07 Å². The molecule has 1 heterocycles. The Morgan fingerprint density at radius 2 is 2.07 bits per heavy atom. The second-order valence-corrected chi connectivity index (χ2v) is 2.74. The minimum atomic E-state index is -0.283. The van der Waals surface area contributed by atoms with E-state index in [9.17, 15) is 4.39 Å². The van der Waals surface area contributed by atoms with Gasteiger partial charge in [0, 0.05) is 24.3 Å². The van der Waals surface area contributed by atoms with E-state index in [0.29, 0.717) is 5.52 Å². The van der Waals surface area contributed by atoms with Crippen LogP contribution in [0.3, 0.4) is 0 Å². The summed E-state index contributed by atoms with van der Waals surface area (Å²) in [6.45, 7) is 0. The molecule has 0 atom stereocenters. The van der Waals surface area contributed by atoms with Gasteiger partial charge < -0.3 is 5.32 Å². The number of nitrogens with one attached hydrogen (secondary N) is 1. The molecule has 74 valence electrons. The average molecular weight is 213 g/mol. The molecule has 1 aromatic carbocycles. The summed E-state index contributed by atoms with van der Waals surface area (Å²) in [5.41, 5.74) is 1.30. The molecule has 1 N–H and O–H groups in total. The third-order valence-electron chi connectivity index (χ3n) is 1.99. The van der Waals surface area contributed by atoms with Crippen molar-refractivity contribution >= 4 is 29.0 Å². The lowest BCUT2D eigenvalue weighted by atomic mass is 10.2. The van der Waals surface area contributed by atoms with Gasteiger partial charge in [0.25, 0.3) is 0 Å². The predicted octanol–water partition coefficient (Wildman–Crippen LogP) is 2.84. The Hall–Kier alpha value is -1.35. The van der Waals surface area contributed by atoms with Crippen molar-refractivity contribution in [1.82, 2.24) is 4.98 Å². The minimum absolute atomic E-state index is 0. The summed E-state index contributed by atoms with van der Waals surface area (Å²) in [7, 11) is 1.81. The highest BCUT2D eigenvalue weighted by Crippen LogP contribution is 2.23. The number of aromatic nitrogens is 1. The zero-order valence-electron chi connectivity index (χ0n) is 7.62. The molecule has 0 saturated carbocycles. The van der Waals surface area contributed by atoms with Crippen molar-refractivity contribution in [2.75, 3.05) is 12.4 Å². The molecule has 0 aliphatic heterocycles. The van der Waals surface area contributed by atoms with Crippen LogP contribution in [0.2, 0.25) is 0 Å². The molecule has 2 aromatic rings. The Morgan fingerprint density at radius 3 is 2.79 bits per heavy atom. The molecule has 0 bridgehead atoms. The van der Waals surface area contributed by atoms with E-state index < -0.39 is 0 Å². The quantitative estimate of drug-likeness (QED) is 0.786. The van der Waals surface area contributed by atoms with Crippen LogP contribution in [-0.2, 0) is 0 Å². The first kappa shape index (κ1) is 10.7. The first-order valence-electron chi connectivity index (χ1n) is 4.04. The summed E-state index contributed by atoms with van der Waals surface area (Å²) < 4.78 is 13.2. The van der Waals surface area contributed by atoms with Crippen molar-refractivity contribution in [3.8, 4) is 0 Å². The van der Waals surface area contributed by atoms with E-state index in [1.54, 1.807) is 25.4 Å². The largest absolute Gasteiger partial charge is 0.388 e. The van der Waals surface area contributed by atoms with Crippen LogP contribution in [0.1, 0.15) is 0 Å². The zero-order chi connectivity index (χ0) is 9.26. The van der Waals surface area contributed by atoms with Crippen LogP contribution in [0.15, 0.2) is 30.5 Å². The number of anilines is 1. The summed E-state index contributed by atoms with van der Waals surface area (Å²) in [4.78, 5) is 3.97. The Bertz CT molecular complexity index is 445. The SMILES string of the molecule is CNc1ccc(F)c2ncccc12.Cl. The van der Waals surface area contributed by atoms with Gasteiger partial charge in [-0.1, -0.05) is 0 Å². The van der Waals surface area contributed by atoms with Gasteiger partial charge in [0.2, 0.25) is 0 Å². The molecule has 0 radical (unpaired) electrons. The Labute approximate surface area is 87.6 Å². The van der Waals surface area contributed by atoms with Gasteiger partial charge in [-0.3, -0.25) is 4.98 Å². The first-order chi connectivity index (χ1) is 6.33. The molecule has 0 aliphatic carbocycles. The van der Waals surface area contributed by atoms with Crippen molar-refractivity contribution in [2.45, 2.75) is 0 Å². The van der Waals surface area contributed by atoms with E-state index in [2.05, 4.69) is 10.3 Å². The summed E-state index contributed by atoms with van der Waals surface area (Å²) in [5.74, 6) is -0.283. The number of benzene rings is 1. The van der Waals surface area contributed by atoms with Crippen molar-refractivity contribution in [2.24, 2.45) is 0 Å². The van der Waals surface area contributed by atoms with Crippen LogP contribution in [0.25, 0.3) is 10.9 Å². The van der Waals surface area contributed by atoms with Gasteiger partial charge in [0.15, 0.2) is 0 Å². The van der Waals surface area contributed by atoms with Crippen molar-refractivity contribution < 1.29 is 4.39 Å². The van der Waals surface area contributed by atoms with Crippen LogP contribution in [-0.4, -0.2) is 12.0 Å². The molecule has 0 saturated heterocycles. The van der Waals surface area contributed by atoms with Crippen LogP contribution in [0.4, 0.5) is 10.1 Å². The lowest BCUT2D eigenvalue weighted by molar-refractivity contribution is 0.637. The lowest BCUT2D eigenvalue weighted by Crippen LogP contribution is -1.92. The van der Waals surface area contributed by atoms with E-state index in [-0.39, 0.29) is 18.2 Å².